The fourth-order valence-corrected chi connectivity index (χ4v) is 2.90. The van der Waals surface area contributed by atoms with Crippen LogP contribution in [0.5, 0.6) is 0 Å². The highest BCUT2D eigenvalue weighted by atomic mass is 16.5. The molecule has 0 aliphatic carbocycles. The van der Waals surface area contributed by atoms with E-state index >= 15 is 0 Å². The van der Waals surface area contributed by atoms with Gasteiger partial charge in [-0.15, -0.1) is 0 Å². The maximum atomic E-state index is 12.7. The molecule has 3 aromatic rings. The number of aryl methyl sites for hydroxylation is 1. The summed E-state index contributed by atoms with van der Waals surface area (Å²) in [5.74, 6) is 1.51. The van der Waals surface area contributed by atoms with Gasteiger partial charge in [0.15, 0.2) is 17.2 Å². The number of rotatable bonds is 3. The summed E-state index contributed by atoms with van der Waals surface area (Å²) in [4.78, 5) is 14.5. The van der Waals surface area contributed by atoms with Crippen LogP contribution in [0.1, 0.15) is 40.8 Å². The Labute approximate surface area is 131 Å². The molecule has 1 amide bonds. The minimum absolute atomic E-state index is 0.104. The van der Waals surface area contributed by atoms with Crippen molar-refractivity contribution in [1.82, 2.24) is 15.2 Å². The molecule has 23 heavy (non-hydrogen) atoms. The van der Waals surface area contributed by atoms with E-state index in [0.29, 0.717) is 23.8 Å². The summed E-state index contributed by atoms with van der Waals surface area (Å²) in [6.07, 6.45) is 3.31. The van der Waals surface area contributed by atoms with Crippen molar-refractivity contribution in [2.75, 3.05) is 6.54 Å². The first-order valence-corrected chi connectivity index (χ1v) is 7.47. The standard InChI is InChI=1S/C16H15N3O4/c1-10-8-14(22-17-10)12-4-2-6-19(12)16(20)11-9-15(23-18-11)13-5-3-7-21-13/h3,5,7-9,12H,2,4,6H2,1H3/t12-/m0/s1. The van der Waals surface area contributed by atoms with Crippen molar-refractivity contribution in [3.05, 3.63) is 47.7 Å². The summed E-state index contributed by atoms with van der Waals surface area (Å²) in [6, 6.07) is 6.87. The Hall–Kier alpha value is -2.83. The van der Waals surface area contributed by atoms with Crippen molar-refractivity contribution in [3.63, 3.8) is 0 Å². The van der Waals surface area contributed by atoms with Crippen LogP contribution >= 0.6 is 0 Å². The van der Waals surface area contributed by atoms with Crippen molar-refractivity contribution in [1.29, 1.82) is 0 Å². The fraction of sp³-hybridized carbons (Fsp3) is 0.312. The van der Waals surface area contributed by atoms with Gasteiger partial charge in [-0.05, 0) is 31.9 Å². The second-order valence-corrected chi connectivity index (χ2v) is 5.58. The third kappa shape index (κ3) is 2.44. The van der Waals surface area contributed by atoms with E-state index in [1.807, 2.05) is 13.0 Å². The molecule has 1 saturated heterocycles. The van der Waals surface area contributed by atoms with Crippen LogP contribution in [0.15, 0.2) is 44.0 Å². The van der Waals surface area contributed by atoms with Gasteiger partial charge in [0.1, 0.15) is 0 Å². The van der Waals surface area contributed by atoms with Gasteiger partial charge in [0.2, 0.25) is 5.76 Å². The second kappa shape index (κ2) is 5.42. The van der Waals surface area contributed by atoms with Crippen molar-refractivity contribution in [2.45, 2.75) is 25.8 Å². The average Bonchev–Trinajstić information content (AvgIpc) is 3.31. The number of amides is 1. The van der Waals surface area contributed by atoms with E-state index in [2.05, 4.69) is 10.3 Å². The minimum atomic E-state index is -0.178. The molecule has 1 fully saturated rings. The summed E-state index contributed by atoms with van der Waals surface area (Å²) < 4.78 is 15.8. The Morgan fingerprint density at radius 1 is 1.26 bits per heavy atom. The smallest absolute Gasteiger partial charge is 0.276 e. The van der Waals surface area contributed by atoms with Crippen molar-refractivity contribution >= 4 is 5.91 Å². The number of hydrogen-bond donors (Lipinski definition) is 0. The molecule has 1 aliphatic heterocycles. The minimum Gasteiger partial charge on any atom is -0.461 e. The van der Waals surface area contributed by atoms with Crippen LogP contribution in [0.4, 0.5) is 0 Å². The Bertz CT molecular complexity index is 818. The van der Waals surface area contributed by atoms with Crippen molar-refractivity contribution in [3.8, 4) is 11.5 Å². The number of nitrogens with zero attached hydrogens (tertiary/aromatic N) is 3. The third-order valence-electron chi connectivity index (χ3n) is 3.98. The zero-order valence-corrected chi connectivity index (χ0v) is 12.6. The van der Waals surface area contributed by atoms with Gasteiger partial charge in [-0.1, -0.05) is 10.3 Å². The number of hydrogen-bond acceptors (Lipinski definition) is 6. The molecule has 0 spiro atoms. The molecular weight excluding hydrogens is 298 g/mol. The van der Waals surface area contributed by atoms with Gasteiger partial charge < -0.3 is 18.4 Å². The first-order valence-electron chi connectivity index (χ1n) is 7.47. The highest BCUT2D eigenvalue weighted by molar-refractivity contribution is 5.93. The zero-order valence-electron chi connectivity index (χ0n) is 12.6. The van der Waals surface area contributed by atoms with Gasteiger partial charge in [-0.25, -0.2) is 0 Å². The Morgan fingerprint density at radius 3 is 2.91 bits per heavy atom. The summed E-state index contributed by atoms with van der Waals surface area (Å²) in [5.41, 5.74) is 1.07. The SMILES string of the molecule is Cc1cc([C@@H]2CCCN2C(=O)c2cc(-c3ccco3)on2)on1. The third-order valence-corrected chi connectivity index (χ3v) is 3.98. The van der Waals surface area contributed by atoms with Crippen LogP contribution < -0.4 is 0 Å². The molecule has 0 radical (unpaired) electrons. The first kappa shape index (κ1) is 13.8. The topological polar surface area (TPSA) is 85.5 Å². The molecular formula is C16H15N3O4. The lowest BCUT2D eigenvalue weighted by molar-refractivity contribution is 0.0704. The molecule has 118 valence electrons. The van der Waals surface area contributed by atoms with E-state index in [1.54, 1.807) is 29.4 Å². The summed E-state index contributed by atoms with van der Waals surface area (Å²) in [6.45, 7) is 2.52. The normalized spacial score (nSPS) is 17.8. The summed E-state index contributed by atoms with van der Waals surface area (Å²) in [7, 11) is 0. The molecule has 0 unspecified atom stereocenters. The largest absolute Gasteiger partial charge is 0.461 e. The fourth-order valence-electron chi connectivity index (χ4n) is 2.90. The number of furan rings is 1. The Balaban J connectivity index is 1.58. The molecule has 7 heteroatoms. The maximum absolute atomic E-state index is 12.7. The van der Waals surface area contributed by atoms with Gasteiger partial charge in [0, 0.05) is 18.7 Å². The van der Waals surface area contributed by atoms with E-state index in [-0.39, 0.29) is 17.6 Å². The van der Waals surface area contributed by atoms with Crippen molar-refractivity contribution in [2.24, 2.45) is 0 Å². The molecule has 7 nitrogen and oxygen atoms in total. The van der Waals surface area contributed by atoms with E-state index < -0.39 is 0 Å². The first-order chi connectivity index (χ1) is 11.2. The van der Waals surface area contributed by atoms with Crippen molar-refractivity contribution < 1.29 is 18.3 Å². The second-order valence-electron chi connectivity index (χ2n) is 5.58. The van der Waals surface area contributed by atoms with Gasteiger partial charge in [-0.3, -0.25) is 4.79 Å². The monoisotopic (exact) mass is 313 g/mol. The highest BCUT2D eigenvalue weighted by Gasteiger charge is 2.34. The summed E-state index contributed by atoms with van der Waals surface area (Å²) in [5, 5.41) is 7.78. The number of carbonyl (C=O) groups excluding carboxylic acids is 1. The van der Waals surface area contributed by atoms with Gasteiger partial charge in [0.25, 0.3) is 5.91 Å². The van der Waals surface area contributed by atoms with Crippen LogP contribution in [-0.2, 0) is 0 Å². The van der Waals surface area contributed by atoms with Crippen LogP contribution in [0.25, 0.3) is 11.5 Å². The van der Waals surface area contributed by atoms with Gasteiger partial charge in [0.05, 0.1) is 18.0 Å². The van der Waals surface area contributed by atoms with Gasteiger partial charge in [-0.2, -0.15) is 0 Å². The van der Waals surface area contributed by atoms with E-state index in [9.17, 15) is 4.79 Å². The number of likely N-dealkylation sites (tertiary alicyclic amines) is 1. The number of carbonyl (C=O) groups is 1. The predicted molar refractivity (Wildman–Crippen MR) is 78.5 cm³/mol. The van der Waals surface area contributed by atoms with Crippen LogP contribution in [-0.4, -0.2) is 27.7 Å². The van der Waals surface area contributed by atoms with E-state index in [0.717, 1.165) is 18.5 Å². The molecule has 4 heterocycles. The Morgan fingerprint density at radius 2 is 2.17 bits per heavy atom. The highest BCUT2D eigenvalue weighted by Crippen LogP contribution is 2.33. The van der Waals surface area contributed by atoms with E-state index in [1.165, 1.54) is 0 Å². The molecule has 1 aliphatic rings. The molecule has 1 atom stereocenters. The maximum Gasteiger partial charge on any atom is 0.276 e. The quantitative estimate of drug-likeness (QED) is 0.738. The Kier molecular flexibility index (Phi) is 3.25. The summed E-state index contributed by atoms with van der Waals surface area (Å²) >= 11 is 0. The molecule has 0 saturated carbocycles. The molecule has 0 N–H and O–H groups in total. The number of aromatic nitrogens is 2. The predicted octanol–water partition coefficient (Wildman–Crippen LogP) is 3.21. The van der Waals surface area contributed by atoms with Crippen LogP contribution in [0.2, 0.25) is 0 Å². The lowest BCUT2D eigenvalue weighted by Crippen LogP contribution is -2.30. The molecule has 3 aromatic heterocycles. The zero-order chi connectivity index (χ0) is 15.8. The van der Waals surface area contributed by atoms with Crippen LogP contribution in [0, 0.1) is 6.92 Å². The van der Waals surface area contributed by atoms with E-state index in [4.69, 9.17) is 13.5 Å². The molecule has 0 bridgehead atoms. The lowest BCUT2D eigenvalue weighted by atomic mass is 10.1. The molecule has 4 rings (SSSR count). The lowest BCUT2D eigenvalue weighted by Gasteiger charge is -2.21. The van der Waals surface area contributed by atoms with Crippen LogP contribution in [0.3, 0.4) is 0 Å². The van der Waals surface area contributed by atoms with Gasteiger partial charge >= 0.3 is 0 Å². The molecule has 0 aromatic carbocycles. The average molecular weight is 313 g/mol.